The van der Waals surface area contributed by atoms with E-state index in [1.54, 1.807) is 18.2 Å². The third-order valence-corrected chi connectivity index (χ3v) is 10.9. The summed E-state index contributed by atoms with van der Waals surface area (Å²) in [5.41, 5.74) is 4.78. The Kier molecular flexibility index (Phi) is 9.43. The van der Waals surface area contributed by atoms with Gasteiger partial charge in [0.05, 0.1) is 24.5 Å². The van der Waals surface area contributed by atoms with E-state index in [0.29, 0.717) is 63.8 Å². The molecule has 4 aliphatic rings. The van der Waals surface area contributed by atoms with E-state index in [9.17, 15) is 14.4 Å². The number of nitrogens with one attached hydrogen (secondary N) is 3. The van der Waals surface area contributed by atoms with Crippen LogP contribution in [0.15, 0.2) is 36.5 Å². The van der Waals surface area contributed by atoms with Crippen LogP contribution in [0, 0.1) is 6.92 Å². The predicted octanol–water partition coefficient (Wildman–Crippen LogP) is 4.49. The Hall–Kier alpha value is -4.32. The number of H-pyrrole nitrogens is 1. The molecule has 0 saturated carbocycles. The van der Waals surface area contributed by atoms with Crippen molar-refractivity contribution in [2.75, 3.05) is 51.7 Å². The number of aromatic amines is 1. The van der Waals surface area contributed by atoms with Crippen molar-refractivity contribution >= 4 is 34.6 Å². The Morgan fingerprint density at radius 2 is 1.71 bits per heavy atom. The minimum Gasteiger partial charge on any atom is -0.495 e. The van der Waals surface area contributed by atoms with Crippen molar-refractivity contribution in [3.63, 3.8) is 0 Å². The van der Waals surface area contributed by atoms with Gasteiger partial charge in [0.15, 0.2) is 0 Å². The first-order valence-corrected chi connectivity index (χ1v) is 17.6. The number of para-hydroxylation sites is 1. The van der Waals surface area contributed by atoms with Gasteiger partial charge in [-0.3, -0.25) is 9.89 Å². The van der Waals surface area contributed by atoms with Gasteiger partial charge in [-0.25, -0.2) is 9.59 Å². The number of aryl methyl sites for hydroxylation is 1. The molecular weight excluding hydrogens is 608 g/mol. The zero-order valence-corrected chi connectivity index (χ0v) is 28.2. The lowest BCUT2D eigenvalue weighted by molar-refractivity contribution is -0.134. The lowest BCUT2D eigenvalue weighted by Crippen LogP contribution is -2.57. The standard InChI is InChI=1S/C36H48N8O4/c1-24-19-25(20-27-22-37-40-32(24)27)21-30(34(45)42-15-9-28(10-16-42)41-13-4-3-5-14-41)38-35(46)43-17-11-29(12-18-43)44-23-26-7-6-8-31(48-2)33(26)39-36(44)47/h6-8,19-20,22,28-30H,3-5,9-18,21,23H2,1-2H3,(H,37,40)(H,38,46)(H,39,47). The molecule has 0 bridgehead atoms. The number of benzene rings is 2. The smallest absolute Gasteiger partial charge is 0.322 e. The van der Waals surface area contributed by atoms with E-state index in [1.165, 1.54) is 19.3 Å². The Balaban J connectivity index is 1.01. The second kappa shape index (κ2) is 14.0. The Morgan fingerprint density at radius 3 is 2.46 bits per heavy atom. The fraction of sp³-hybridized carbons (Fsp3) is 0.556. The largest absolute Gasteiger partial charge is 0.495 e. The van der Waals surface area contributed by atoms with Crippen LogP contribution in [0.5, 0.6) is 5.75 Å². The van der Waals surface area contributed by atoms with Gasteiger partial charge in [0.1, 0.15) is 11.8 Å². The molecule has 1 unspecified atom stereocenters. The van der Waals surface area contributed by atoms with E-state index in [2.05, 4.69) is 37.9 Å². The van der Waals surface area contributed by atoms with Crippen molar-refractivity contribution in [3.05, 3.63) is 53.2 Å². The van der Waals surface area contributed by atoms with Gasteiger partial charge in [-0.05, 0) is 87.4 Å². The summed E-state index contributed by atoms with van der Waals surface area (Å²) >= 11 is 0. The van der Waals surface area contributed by atoms with Crippen molar-refractivity contribution in [3.8, 4) is 5.75 Å². The van der Waals surface area contributed by atoms with Crippen molar-refractivity contribution in [2.24, 2.45) is 0 Å². The lowest BCUT2D eigenvalue weighted by atomic mass is 9.97. The number of rotatable bonds is 7. The number of carbonyl (C=O) groups excluding carboxylic acids is 3. The van der Waals surface area contributed by atoms with Crippen LogP contribution in [0.4, 0.5) is 15.3 Å². The second-order valence-corrected chi connectivity index (χ2v) is 13.9. The van der Waals surface area contributed by atoms with Crippen LogP contribution in [-0.2, 0) is 17.8 Å². The first-order valence-electron chi connectivity index (χ1n) is 17.6. The molecule has 2 aromatic carbocycles. The van der Waals surface area contributed by atoms with Crippen LogP contribution in [0.2, 0.25) is 0 Å². The highest BCUT2D eigenvalue weighted by Gasteiger charge is 2.36. The Bertz CT molecular complexity index is 1640. The average Bonchev–Trinajstić information content (AvgIpc) is 3.60. The summed E-state index contributed by atoms with van der Waals surface area (Å²) in [6.07, 6.45) is 9.33. The first kappa shape index (κ1) is 32.2. The molecule has 256 valence electrons. The second-order valence-electron chi connectivity index (χ2n) is 13.9. The average molecular weight is 657 g/mol. The highest BCUT2D eigenvalue weighted by atomic mass is 16.5. The van der Waals surface area contributed by atoms with Gasteiger partial charge in [0.2, 0.25) is 5.91 Å². The first-order chi connectivity index (χ1) is 23.4. The number of piperidine rings is 3. The molecule has 1 aromatic heterocycles. The van der Waals surface area contributed by atoms with Gasteiger partial charge in [-0.1, -0.05) is 24.6 Å². The number of urea groups is 2. The number of anilines is 1. The lowest BCUT2D eigenvalue weighted by Gasteiger charge is -2.42. The zero-order valence-electron chi connectivity index (χ0n) is 28.2. The number of nitrogens with zero attached hydrogens (tertiary/aromatic N) is 5. The van der Waals surface area contributed by atoms with Crippen LogP contribution in [0.25, 0.3) is 10.9 Å². The molecule has 3 N–H and O–H groups in total. The summed E-state index contributed by atoms with van der Waals surface area (Å²) in [6.45, 7) is 7.30. The molecular formula is C36H48N8O4. The molecule has 0 radical (unpaired) electrons. The van der Waals surface area contributed by atoms with Gasteiger partial charge >= 0.3 is 12.1 Å². The minimum atomic E-state index is -0.676. The van der Waals surface area contributed by atoms with Crippen LogP contribution >= 0.6 is 0 Å². The number of fused-ring (bicyclic) bond motifs is 2. The highest BCUT2D eigenvalue weighted by Crippen LogP contribution is 2.34. The third kappa shape index (κ3) is 6.67. The SMILES string of the molecule is COc1cccc2c1NC(=O)N(C1CCN(C(=O)NC(Cc3cc(C)c4[nH]ncc4c3)C(=O)N3CCC(N4CCCCC4)CC3)CC1)C2. The van der Waals surface area contributed by atoms with Gasteiger partial charge < -0.3 is 35.0 Å². The van der Waals surface area contributed by atoms with Gasteiger partial charge in [0, 0.05) is 56.6 Å². The maximum absolute atomic E-state index is 14.1. The molecule has 5 heterocycles. The van der Waals surface area contributed by atoms with Crippen LogP contribution in [0.1, 0.15) is 61.6 Å². The fourth-order valence-electron chi connectivity index (χ4n) is 8.19. The number of likely N-dealkylation sites (tertiary alicyclic amines) is 3. The highest BCUT2D eigenvalue weighted by molar-refractivity contribution is 5.94. The summed E-state index contributed by atoms with van der Waals surface area (Å²) < 4.78 is 5.44. The van der Waals surface area contributed by atoms with E-state index < -0.39 is 6.04 Å². The fourth-order valence-corrected chi connectivity index (χ4v) is 8.19. The number of aromatic nitrogens is 2. The molecule has 48 heavy (non-hydrogen) atoms. The molecule has 0 spiro atoms. The van der Waals surface area contributed by atoms with Crippen molar-refractivity contribution < 1.29 is 19.1 Å². The molecule has 12 heteroatoms. The minimum absolute atomic E-state index is 0.0108. The van der Waals surface area contributed by atoms with Gasteiger partial charge in [-0.15, -0.1) is 0 Å². The predicted molar refractivity (Wildman–Crippen MR) is 184 cm³/mol. The van der Waals surface area contributed by atoms with E-state index in [-0.39, 0.29) is 24.0 Å². The molecule has 3 aromatic rings. The Morgan fingerprint density at radius 1 is 0.979 bits per heavy atom. The molecule has 0 aliphatic carbocycles. The number of hydrogen-bond donors (Lipinski definition) is 3. The summed E-state index contributed by atoms with van der Waals surface area (Å²) in [6, 6.07) is 9.42. The van der Waals surface area contributed by atoms with Crippen LogP contribution < -0.4 is 15.4 Å². The monoisotopic (exact) mass is 656 g/mol. The summed E-state index contributed by atoms with van der Waals surface area (Å²) in [5.74, 6) is 0.640. The van der Waals surface area contributed by atoms with Crippen molar-refractivity contribution in [2.45, 2.75) is 83.0 Å². The van der Waals surface area contributed by atoms with Gasteiger partial charge in [0.25, 0.3) is 0 Å². The van der Waals surface area contributed by atoms with Gasteiger partial charge in [-0.2, -0.15) is 5.10 Å². The number of ether oxygens (including phenoxy) is 1. The van der Waals surface area contributed by atoms with E-state index >= 15 is 0 Å². The Labute approximate surface area is 282 Å². The number of carbonyl (C=O) groups is 3. The molecule has 7 rings (SSSR count). The molecule has 5 amide bonds. The summed E-state index contributed by atoms with van der Waals surface area (Å²) in [5, 5.41) is 14.4. The molecule has 3 fully saturated rings. The van der Waals surface area contributed by atoms with Crippen LogP contribution in [-0.4, -0.2) is 112 Å². The van der Waals surface area contributed by atoms with E-state index in [1.807, 2.05) is 34.9 Å². The maximum atomic E-state index is 14.1. The normalized spacial score (nSPS) is 20.4. The zero-order chi connectivity index (χ0) is 33.2. The number of hydrogen-bond acceptors (Lipinski definition) is 6. The number of amides is 5. The number of methoxy groups -OCH3 is 1. The third-order valence-electron chi connectivity index (χ3n) is 10.9. The van der Waals surface area contributed by atoms with Crippen molar-refractivity contribution in [1.29, 1.82) is 0 Å². The maximum Gasteiger partial charge on any atom is 0.322 e. The summed E-state index contributed by atoms with van der Waals surface area (Å²) in [7, 11) is 1.60. The summed E-state index contributed by atoms with van der Waals surface area (Å²) in [4.78, 5) is 49.3. The van der Waals surface area contributed by atoms with E-state index in [0.717, 1.165) is 59.2 Å². The molecule has 1 atom stereocenters. The quantitative estimate of drug-likeness (QED) is 0.344. The van der Waals surface area contributed by atoms with Crippen LogP contribution in [0.3, 0.4) is 0 Å². The van der Waals surface area contributed by atoms with Crippen molar-refractivity contribution in [1.82, 2.24) is 35.1 Å². The topological polar surface area (TPSA) is 126 Å². The molecule has 12 nitrogen and oxygen atoms in total. The molecule has 3 saturated heterocycles. The van der Waals surface area contributed by atoms with E-state index in [4.69, 9.17) is 4.74 Å². The molecule has 4 aliphatic heterocycles.